The molecule has 0 unspecified atom stereocenters. The van der Waals surface area contributed by atoms with E-state index in [9.17, 15) is 0 Å². The van der Waals surface area contributed by atoms with Crippen molar-refractivity contribution in [3.05, 3.63) is 194 Å². The fourth-order valence-electron chi connectivity index (χ4n) is 12.1. The fourth-order valence-corrected chi connectivity index (χ4v) is 12.1. The van der Waals surface area contributed by atoms with Crippen molar-refractivity contribution in [2.45, 2.75) is 7.43 Å². The topological polar surface area (TPSA) is 26.3 Å². The van der Waals surface area contributed by atoms with Gasteiger partial charge in [0.15, 0.2) is 0 Å². The van der Waals surface area contributed by atoms with Crippen molar-refractivity contribution in [2.75, 3.05) is 0 Å². The molecule has 0 saturated heterocycles. The molecule has 2 heteroatoms. The molecular formula is C63H36O2. The van der Waals surface area contributed by atoms with Crippen molar-refractivity contribution < 1.29 is 8.83 Å². The van der Waals surface area contributed by atoms with Gasteiger partial charge in [0.1, 0.15) is 22.3 Å². The highest BCUT2D eigenvalue weighted by Gasteiger charge is 2.28. The Kier molecular flexibility index (Phi) is 6.67. The average Bonchev–Trinajstić information content (AvgIpc) is 4.10. The largest absolute Gasteiger partial charge is 0.456 e. The van der Waals surface area contributed by atoms with Crippen LogP contribution >= 0.6 is 0 Å². The van der Waals surface area contributed by atoms with E-state index < -0.39 is 0 Å². The molecule has 0 N–H and O–H groups in total. The Hall–Kier alpha value is -8.46. The van der Waals surface area contributed by atoms with E-state index in [1.54, 1.807) is 0 Å². The predicted octanol–water partition coefficient (Wildman–Crippen LogP) is 18.5. The van der Waals surface area contributed by atoms with Gasteiger partial charge in [0.2, 0.25) is 0 Å². The predicted molar refractivity (Wildman–Crippen MR) is 275 cm³/mol. The third-order valence-electron chi connectivity index (χ3n) is 14.7. The van der Waals surface area contributed by atoms with Crippen molar-refractivity contribution >= 4 is 97.7 Å². The molecule has 0 amide bonds. The summed E-state index contributed by atoms with van der Waals surface area (Å²) in [5.74, 6) is 0. The van der Waals surface area contributed by atoms with Crippen LogP contribution in [-0.2, 0) is 0 Å². The maximum absolute atomic E-state index is 6.56. The normalized spacial score (nSPS) is 12.5. The van der Waals surface area contributed by atoms with E-state index in [0.717, 1.165) is 43.9 Å². The summed E-state index contributed by atoms with van der Waals surface area (Å²) in [6.45, 7) is 0. The summed E-state index contributed by atoms with van der Waals surface area (Å²) >= 11 is 0. The highest BCUT2D eigenvalue weighted by Crippen LogP contribution is 2.55. The molecule has 14 aromatic rings. The molecule has 0 fully saturated rings. The lowest BCUT2D eigenvalue weighted by molar-refractivity contribution is 0.668. The Morgan fingerprint density at radius 2 is 0.492 bits per heavy atom. The standard InChI is InChI=1S/C62H32O2.CH4/c1-3-23-55-41(15-1)61-39(21-9-25-57(61)63-55)47-31-53-52-30-46-38-20-8-14-34-12-6-18-36(60(34)38)44(46)28-50(52)48(40-22-10-26-58-62(40)42-16-2-4-24-56(42)64-58)32-54(53)51-29-45-37-19-7-13-33-11-5-17-35(59(33)37)43(45)27-49(47)51;/h1-32H;1H4. The third-order valence-corrected chi connectivity index (χ3v) is 14.7. The summed E-state index contributed by atoms with van der Waals surface area (Å²) in [5.41, 5.74) is 18.7. The zero-order chi connectivity index (χ0) is 41.4. The van der Waals surface area contributed by atoms with Crippen molar-refractivity contribution in [2.24, 2.45) is 0 Å². The number of fused-ring (bicyclic) bond motifs is 17. The number of hydrogen-bond donors (Lipinski definition) is 0. The summed E-state index contributed by atoms with van der Waals surface area (Å²) in [6, 6.07) is 72.1. The molecule has 2 heterocycles. The second kappa shape index (κ2) is 12.4. The van der Waals surface area contributed by atoms with E-state index in [-0.39, 0.29) is 7.43 Å². The molecule has 0 atom stereocenters. The summed E-state index contributed by atoms with van der Waals surface area (Å²) in [7, 11) is 0. The van der Waals surface area contributed by atoms with Gasteiger partial charge < -0.3 is 8.83 Å². The van der Waals surface area contributed by atoms with Crippen LogP contribution in [0.25, 0.3) is 165 Å². The minimum atomic E-state index is 0. The molecule has 2 aromatic heterocycles. The molecule has 2 aliphatic carbocycles. The van der Waals surface area contributed by atoms with E-state index in [1.165, 1.54) is 121 Å². The van der Waals surface area contributed by atoms with Crippen molar-refractivity contribution in [3.63, 3.8) is 0 Å². The molecule has 16 rings (SSSR count). The molecule has 0 saturated carbocycles. The second-order valence-corrected chi connectivity index (χ2v) is 17.8. The number of hydrogen-bond acceptors (Lipinski definition) is 2. The smallest absolute Gasteiger partial charge is 0.136 e. The third kappa shape index (κ3) is 4.43. The number of benzene rings is 12. The van der Waals surface area contributed by atoms with Crippen LogP contribution in [0.5, 0.6) is 0 Å². The highest BCUT2D eigenvalue weighted by atomic mass is 16.3. The Morgan fingerprint density at radius 3 is 0.892 bits per heavy atom. The first-order chi connectivity index (χ1) is 31.7. The summed E-state index contributed by atoms with van der Waals surface area (Å²) in [4.78, 5) is 0. The molecule has 300 valence electrons. The number of para-hydroxylation sites is 2. The summed E-state index contributed by atoms with van der Waals surface area (Å²) < 4.78 is 13.1. The van der Waals surface area contributed by atoms with Crippen LogP contribution in [0.1, 0.15) is 7.43 Å². The lowest BCUT2D eigenvalue weighted by atomic mass is 9.83. The van der Waals surface area contributed by atoms with Gasteiger partial charge in [0.05, 0.1) is 0 Å². The van der Waals surface area contributed by atoms with Crippen LogP contribution in [0.15, 0.2) is 203 Å². The maximum atomic E-state index is 6.56. The minimum absolute atomic E-state index is 0. The van der Waals surface area contributed by atoms with Crippen LogP contribution in [0, 0.1) is 0 Å². The van der Waals surface area contributed by atoms with Gasteiger partial charge in [-0.15, -0.1) is 0 Å². The first-order valence-electron chi connectivity index (χ1n) is 22.1. The number of furan rings is 2. The summed E-state index contributed by atoms with van der Waals surface area (Å²) in [5, 5.41) is 17.1. The Labute approximate surface area is 373 Å². The quantitative estimate of drug-likeness (QED) is 0.162. The van der Waals surface area contributed by atoms with E-state index in [2.05, 4.69) is 194 Å². The van der Waals surface area contributed by atoms with E-state index in [4.69, 9.17) is 8.83 Å². The van der Waals surface area contributed by atoms with Crippen LogP contribution in [-0.4, -0.2) is 0 Å². The van der Waals surface area contributed by atoms with E-state index in [0.29, 0.717) is 0 Å². The highest BCUT2D eigenvalue weighted by molar-refractivity contribution is 6.31. The SMILES string of the molecule is C.c1cc2c3c(cccc3c1)-c1cc3c(cc1-2)c(-c1cccc2oc4ccccc4c12)cc1c2cc4c(cc2c(-c2cccc5oc6ccccc6c25)cc31)-c1cccc2cccc-4c12. The van der Waals surface area contributed by atoms with Gasteiger partial charge in [-0.2, -0.15) is 0 Å². The molecule has 2 nitrogen and oxygen atoms in total. The molecule has 0 spiro atoms. The van der Waals surface area contributed by atoms with Gasteiger partial charge in [0, 0.05) is 21.5 Å². The Morgan fingerprint density at radius 1 is 0.200 bits per heavy atom. The first kappa shape index (κ1) is 35.1. The monoisotopic (exact) mass is 824 g/mol. The van der Waals surface area contributed by atoms with Crippen LogP contribution in [0.3, 0.4) is 0 Å². The first-order valence-corrected chi connectivity index (χ1v) is 22.1. The second-order valence-electron chi connectivity index (χ2n) is 17.8. The minimum Gasteiger partial charge on any atom is -0.456 e. The molecule has 0 aliphatic heterocycles. The number of rotatable bonds is 2. The Balaban J connectivity index is 0.00000390. The van der Waals surface area contributed by atoms with Gasteiger partial charge in [-0.25, -0.2) is 0 Å². The van der Waals surface area contributed by atoms with Crippen molar-refractivity contribution in [1.29, 1.82) is 0 Å². The zero-order valence-electron chi connectivity index (χ0n) is 34.3. The van der Waals surface area contributed by atoms with Crippen molar-refractivity contribution in [3.8, 4) is 66.8 Å². The van der Waals surface area contributed by atoms with Crippen LogP contribution in [0.2, 0.25) is 0 Å². The van der Waals surface area contributed by atoms with Gasteiger partial charge >= 0.3 is 0 Å². The fraction of sp³-hybridized carbons (Fsp3) is 0.0159. The van der Waals surface area contributed by atoms with Crippen LogP contribution < -0.4 is 0 Å². The molecule has 12 aromatic carbocycles. The lowest BCUT2D eigenvalue weighted by Gasteiger charge is -2.19. The van der Waals surface area contributed by atoms with E-state index in [1.807, 2.05) is 0 Å². The average molecular weight is 825 g/mol. The zero-order valence-corrected chi connectivity index (χ0v) is 34.3. The summed E-state index contributed by atoms with van der Waals surface area (Å²) in [6.07, 6.45) is 0. The van der Waals surface area contributed by atoms with Crippen LogP contribution in [0.4, 0.5) is 0 Å². The molecule has 2 aliphatic rings. The van der Waals surface area contributed by atoms with Crippen molar-refractivity contribution in [1.82, 2.24) is 0 Å². The maximum Gasteiger partial charge on any atom is 0.136 e. The van der Waals surface area contributed by atoms with Gasteiger partial charge in [-0.1, -0.05) is 141 Å². The van der Waals surface area contributed by atoms with Gasteiger partial charge in [0.25, 0.3) is 0 Å². The van der Waals surface area contributed by atoms with E-state index >= 15 is 0 Å². The van der Waals surface area contributed by atoms with Gasteiger partial charge in [-0.3, -0.25) is 0 Å². The lowest BCUT2D eigenvalue weighted by Crippen LogP contribution is -1.92. The molecule has 0 bridgehead atoms. The molecular weight excluding hydrogens is 789 g/mol. The molecule has 0 radical (unpaired) electrons. The van der Waals surface area contributed by atoms with Gasteiger partial charge in [-0.05, 0) is 181 Å². The molecule has 65 heavy (non-hydrogen) atoms. The Bertz CT molecular complexity index is 4180.